The van der Waals surface area contributed by atoms with Gasteiger partial charge in [0, 0.05) is 24.7 Å². The molecule has 9 nitrogen and oxygen atoms in total. The number of thioether (sulfide) groups is 1. The summed E-state index contributed by atoms with van der Waals surface area (Å²) in [6.07, 6.45) is 1.43. The van der Waals surface area contributed by atoms with Crippen molar-refractivity contribution in [2.45, 2.75) is 6.92 Å². The van der Waals surface area contributed by atoms with Crippen LogP contribution in [-0.4, -0.2) is 64.6 Å². The standard InChI is InChI=1S/C17H17N3O6S/c1-11-2-3-12(8-13(11)20(24)25)9-14-16(22)19(17(23)27-14)10-15(21)18-4-6-26-7-5-18/h2-3,8-9H,4-7,10H2,1H3/b14-9+. The van der Waals surface area contributed by atoms with Gasteiger partial charge in [-0.3, -0.25) is 29.4 Å². The van der Waals surface area contributed by atoms with Crippen molar-refractivity contribution in [3.05, 3.63) is 44.3 Å². The van der Waals surface area contributed by atoms with Gasteiger partial charge in [0.25, 0.3) is 16.8 Å². The number of nitrogens with zero attached hydrogens (tertiary/aromatic N) is 3. The van der Waals surface area contributed by atoms with Gasteiger partial charge in [0.2, 0.25) is 5.91 Å². The molecule has 1 aromatic carbocycles. The van der Waals surface area contributed by atoms with Gasteiger partial charge in [-0.15, -0.1) is 0 Å². The van der Waals surface area contributed by atoms with Crippen molar-refractivity contribution >= 4 is 40.6 Å². The Balaban J connectivity index is 1.75. The number of hydrogen-bond donors (Lipinski definition) is 0. The topological polar surface area (TPSA) is 110 Å². The average molecular weight is 391 g/mol. The zero-order chi connectivity index (χ0) is 19.6. The minimum absolute atomic E-state index is 0.0644. The molecular weight excluding hydrogens is 374 g/mol. The van der Waals surface area contributed by atoms with Gasteiger partial charge in [-0.25, -0.2) is 0 Å². The number of hydrogen-bond acceptors (Lipinski definition) is 7. The van der Waals surface area contributed by atoms with Crippen LogP contribution in [0.25, 0.3) is 6.08 Å². The molecule has 0 unspecified atom stereocenters. The number of carbonyl (C=O) groups is 3. The Bertz CT molecular complexity index is 847. The number of amides is 3. The van der Waals surface area contributed by atoms with Crippen molar-refractivity contribution in [1.82, 2.24) is 9.80 Å². The first-order valence-electron chi connectivity index (χ1n) is 8.23. The lowest BCUT2D eigenvalue weighted by Crippen LogP contribution is -2.46. The lowest BCUT2D eigenvalue weighted by molar-refractivity contribution is -0.385. The first-order valence-corrected chi connectivity index (χ1v) is 9.04. The van der Waals surface area contributed by atoms with Gasteiger partial charge < -0.3 is 9.64 Å². The van der Waals surface area contributed by atoms with Crippen LogP contribution in [0.3, 0.4) is 0 Å². The zero-order valence-electron chi connectivity index (χ0n) is 14.5. The highest BCUT2D eigenvalue weighted by molar-refractivity contribution is 8.18. The van der Waals surface area contributed by atoms with E-state index in [9.17, 15) is 24.5 Å². The molecule has 10 heteroatoms. The molecule has 0 aromatic heterocycles. The molecule has 0 saturated carbocycles. The fourth-order valence-corrected chi connectivity index (χ4v) is 3.59. The molecule has 2 aliphatic heterocycles. The van der Waals surface area contributed by atoms with Gasteiger partial charge >= 0.3 is 0 Å². The van der Waals surface area contributed by atoms with Crippen LogP contribution in [0.2, 0.25) is 0 Å². The second-order valence-electron chi connectivity index (χ2n) is 6.06. The highest BCUT2D eigenvalue weighted by Gasteiger charge is 2.37. The summed E-state index contributed by atoms with van der Waals surface area (Å²) in [6.45, 7) is 3.01. The molecule has 0 atom stereocenters. The van der Waals surface area contributed by atoms with E-state index >= 15 is 0 Å². The maximum absolute atomic E-state index is 12.5. The zero-order valence-corrected chi connectivity index (χ0v) is 15.4. The molecule has 0 N–H and O–H groups in total. The van der Waals surface area contributed by atoms with E-state index in [2.05, 4.69) is 0 Å². The number of nitro groups is 1. The van der Waals surface area contributed by atoms with Gasteiger partial charge in [-0.1, -0.05) is 12.1 Å². The molecule has 0 aliphatic carbocycles. The molecule has 0 bridgehead atoms. The molecule has 0 radical (unpaired) electrons. The third-order valence-corrected chi connectivity index (χ3v) is 5.17. The number of imide groups is 1. The van der Waals surface area contributed by atoms with E-state index < -0.39 is 16.1 Å². The number of ether oxygens (including phenoxy) is 1. The molecular formula is C17H17N3O6S. The fraction of sp³-hybridized carbons (Fsp3) is 0.353. The Hall–Kier alpha value is -2.72. The van der Waals surface area contributed by atoms with Crippen molar-refractivity contribution in [3.8, 4) is 0 Å². The summed E-state index contributed by atoms with van der Waals surface area (Å²) in [4.78, 5) is 50.1. The third-order valence-electron chi connectivity index (χ3n) is 4.26. The van der Waals surface area contributed by atoms with E-state index in [1.807, 2.05) is 0 Å². The molecule has 3 amide bonds. The minimum atomic E-state index is -0.574. The summed E-state index contributed by atoms with van der Waals surface area (Å²) in [5.74, 6) is -0.886. The second-order valence-corrected chi connectivity index (χ2v) is 7.06. The van der Waals surface area contributed by atoms with E-state index in [4.69, 9.17) is 4.74 Å². The highest BCUT2D eigenvalue weighted by Crippen LogP contribution is 2.33. The molecule has 0 spiro atoms. The van der Waals surface area contributed by atoms with Gasteiger partial charge in [0.05, 0.1) is 23.0 Å². The molecule has 27 heavy (non-hydrogen) atoms. The highest BCUT2D eigenvalue weighted by atomic mass is 32.2. The molecule has 2 heterocycles. The fourth-order valence-electron chi connectivity index (χ4n) is 2.75. The van der Waals surface area contributed by atoms with Crippen LogP contribution in [0.15, 0.2) is 23.1 Å². The monoisotopic (exact) mass is 391 g/mol. The largest absolute Gasteiger partial charge is 0.378 e. The van der Waals surface area contributed by atoms with Crippen molar-refractivity contribution in [2.24, 2.45) is 0 Å². The third kappa shape index (κ3) is 4.17. The summed E-state index contributed by atoms with van der Waals surface area (Å²) in [5, 5.41) is 10.5. The summed E-state index contributed by atoms with van der Waals surface area (Å²) < 4.78 is 5.18. The minimum Gasteiger partial charge on any atom is -0.378 e. The first kappa shape index (κ1) is 19.1. The number of aryl methyl sites for hydroxylation is 1. The van der Waals surface area contributed by atoms with Crippen LogP contribution in [0.1, 0.15) is 11.1 Å². The Kier molecular flexibility index (Phi) is 5.57. The summed E-state index contributed by atoms with van der Waals surface area (Å²) >= 11 is 0.717. The predicted octanol–water partition coefficient (Wildman–Crippen LogP) is 1.80. The van der Waals surface area contributed by atoms with E-state index in [-0.39, 0.29) is 23.0 Å². The number of nitro benzene ring substituents is 1. The lowest BCUT2D eigenvalue weighted by atomic mass is 10.1. The smallest absolute Gasteiger partial charge is 0.294 e. The molecule has 2 fully saturated rings. The predicted molar refractivity (Wildman–Crippen MR) is 97.9 cm³/mol. The maximum Gasteiger partial charge on any atom is 0.294 e. The van der Waals surface area contributed by atoms with Gasteiger partial charge in [-0.05, 0) is 30.3 Å². The SMILES string of the molecule is Cc1ccc(/C=C2/SC(=O)N(CC(=O)N3CCOCC3)C2=O)cc1[N+](=O)[O-]. The van der Waals surface area contributed by atoms with Crippen molar-refractivity contribution in [2.75, 3.05) is 32.8 Å². The van der Waals surface area contributed by atoms with Gasteiger partial charge in [0.1, 0.15) is 6.54 Å². The van der Waals surface area contributed by atoms with E-state index in [1.165, 1.54) is 12.1 Å². The summed E-state index contributed by atoms with van der Waals surface area (Å²) in [7, 11) is 0. The second kappa shape index (κ2) is 7.89. The molecule has 2 aliphatic rings. The normalized spacial score (nSPS) is 19.1. The quantitative estimate of drug-likeness (QED) is 0.437. The Morgan fingerprint density at radius 2 is 2.04 bits per heavy atom. The number of carbonyl (C=O) groups excluding carboxylic acids is 3. The Labute approximate surface area is 159 Å². The Morgan fingerprint density at radius 3 is 2.70 bits per heavy atom. The molecule has 2 saturated heterocycles. The van der Waals surface area contributed by atoms with E-state index in [0.29, 0.717) is 49.2 Å². The van der Waals surface area contributed by atoms with Gasteiger partial charge in [-0.2, -0.15) is 0 Å². The van der Waals surface area contributed by atoms with Crippen molar-refractivity contribution in [3.63, 3.8) is 0 Å². The van der Waals surface area contributed by atoms with E-state index in [1.54, 1.807) is 24.0 Å². The van der Waals surface area contributed by atoms with Crippen LogP contribution >= 0.6 is 11.8 Å². The molecule has 1 aromatic rings. The van der Waals surface area contributed by atoms with Crippen LogP contribution in [0.4, 0.5) is 10.5 Å². The first-order chi connectivity index (χ1) is 12.9. The van der Waals surface area contributed by atoms with E-state index in [0.717, 1.165) is 4.90 Å². The van der Waals surface area contributed by atoms with Crippen molar-refractivity contribution < 1.29 is 24.0 Å². The Morgan fingerprint density at radius 1 is 1.33 bits per heavy atom. The summed E-state index contributed by atoms with van der Waals surface area (Å²) in [5.41, 5.74) is 0.879. The molecule has 3 rings (SSSR count). The van der Waals surface area contributed by atoms with Crippen LogP contribution in [-0.2, 0) is 14.3 Å². The van der Waals surface area contributed by atoms with Crippen molar-refractivity contribution in [1.29, 1.82) is 0 Å². The lowest BCUT2D eigenvalue weighted by Gasteiger charge is -2.28. The number of rotatable bonds is 4. The van der Waals surface area contributed by atoms with Crippen LogP contribution in [0.5, 0.6) is 0 Å². The number of morpholine rings is 1. The number of benzene rings is 1. The maximum atomic E-state index is 12.5. The van der Waals surface area contributed by atoms with Gasteiger partial charge in [0.15, 0.2) is 0 Å². The van der Waals surface area contributed by atoms with Crippen LogP contribution in [0, 0.1) is 17.0 Å². The van der Waals surface area contributed by atoms with Crippen LogP contribution < -0.4 is 0 Å². The molecule has 142 valence electrons. The summed E-state index contributed by atoms with van der Waals surface area (Å²) in [6, 6.07) is 4.56. The average Bonchev–Trinajstić information content (AvgIpc) is 2.91.